The summed E-state index contributed by atoms with van der Waals surface area (Å²) in [5, 5.41) is 0.260. The summed E-state index contributed by atoms with van der Waals surface area (Å²) in [6, 6.07) is 17.8. The highest BCUT2D eigenvalue weighted by molar-refractivity contribution is 14.1. The summed E-state index contributed by atoms with van der Waals surface area (Å²) in [4.78, 5) is 0. The van der Waals surface area contributed by atoms with Gasteiger partial charge in [-0.25, -0.2) is 0 Å². The zero-order valence-electron chi connectivity index (χ0n) is 22.0. The van der Waals surface area contributed by atoms with Crippen molar-refractivity contribution in [3.8, 4) is 11.8 Å². The van der Waals surface area contributed by atoms with Gasteiger partial charge in [-0.15, -0.1) is 0 Å². The maximum Gasteiger partial charge on any atom is 0.0954 e. The van der Waals surface area contributed by atoms with Crippen LogP contribution in [0.25, 0.3) is 5.57 Å². The average molecular weight is 557 g/mol. The van der Waals surface area contributed by atoms with Gasteiger partial charge in [0.2, 0.25) is 0 Å². The first-order valence-corrected chi connectivity index (χ1v) is 15.7. The fourth-order valence-electron chi connectivity index (χ4n) is 3.22. The minimum atomic E-state index is -1.71. The molecule has 0 bridgehead atoms. The van der Waals surface area contributed by atoms with Crippen LogP contribution in [0.5, 0.6) is 0 Å². The van der Waals surface area contributed by atoms with E-state index in [1.807, 2.05) is 0 Å². The van der Waals surface area contributed by atoms with E-state index in [4.69, 9.17) is 0 Å². The van der Waals surface area contributed by atoms with Gasteiger partial charge in [-0.05, 0) is 47.9 Å². The average Bonchev–Trinajstić information content (AvgIpc) is 2.66. The molecule has 0 fully saturated rings. The van der Waals surface area contributed by atoms with Crippen molar-refractivity contribution in [3.05, 3.63) is 74.0 Å². The number of hydrogen-bond donors (Lipinski definition) is 0. The standard InChI is InChI=1S/C30H41ISi/c1-28(2,3)24-17-12-22(13-18-24)14-21-26(27(31)32(10,11)30(7,8)9)23-15-19-25(20-16-23)29(4,5)6/h12-13,15-20H,1-11H3/b27-26+. The molecule has 0 nitrogen and oxygen atoms in total. The fraction of sp³-hybridized carbons (Fsp3) is 0.467. The molecule has 0 radical (unpaired) electrons. The predicted molar refractivity (Wildman–Crippen MR) is 155 cm³/mol. The van der Waals surface area contributed by atoms with Crippen LogP contribution in [-0.2, 0) is 10.8 Å². The Morgan fingerprint density at radius 1 is 0.688 bits per heavy atom. The normalized spacial score (nSPS) is 13.9. The Kier molecular flexibility index (Phi) is 8.00. The zero-order chi connectivity index (χ0) is 24.5. The maximum absolute atomic E-state index is 3.60. The Hall–Kier alpha value is -1.31. The summed E-state index contributed by atoms with van der Waals surface area (Å²) in [7, 11) is -1.71. The van der Waals surface area contributed by atoms with Crippen molar-refractivity contribution in [2.75, 3.05) is 0 Å². The van der Waals surface area contributed by atoms with Crippen LogP contribution in [-0.4, -0.2) is 8.07 Å². The summed E-state index contributed by atoms with van der Waals surface area (Å²) in [6.07, 6.45) is 0. The third-order valence-electron chi connectivity index (χ3n) is 6.77. The molecule has 0 N–H and O–H groups in total. The van der Waals surface area contributed by atoms with E-state index in [0.29, 0.717) is 0 Å². The van der Waals surface area contributed by atoms with Crippen molar-refractivity contribution in [2.45, 2.75) is 91.3 Å². The van der Waals surface area contributed by atoms with E-state index < -0.39 is 8.07 Å². The fourth-order valence-corrected chi connectivity index (χ4v) is 7.58. The maximum atomic E-state index is 3.60. The van der Waals surface area contributed by atoms with Crippen molar-refractivity contribution in [3.63, 3.8) is 0 Å². The molecule has 32 heavy (non-hydrogen) atoms. The lowest BCUT2D eigenvalue weighted by molar-refractivity contribution is 0.590. The van der Waals surface area contributed by atoms with E-state index in [2.05, 4.69) is 158 Å². The number of rotatable bonds is 2. The minimum absolute atomic E-state index is 0.148. The molecule has 0 aliphatic rings. The Labute approximate surface area is 212 Å². The number of benzene rings is 2. The SMILES string of the molecule is CC(C)(C)c1ccc(C#C/C(=C(/I)[Si](C)(C)C(C)(C)C)c2ccc(C(C)(C)C)cc2)cc1. The van der Waals surface area contributed by atoms with Crippen LogP contribution in [0.3, 0.4) is 0 Å². The lowest BCUT2D eigenvalue weighted by Crippen LogP contribution is -2.38. The van der Waals surface area contributed by atoms with Crippen molar-refractivity contribution in [1.82, 2.24) is 0 Å². The van der Waals surface area contributed by atoms with E-state index >= 15 is 0 Å². The molecule has 0 amide bonds. The molecule has 0 aliphatic carbocycles. The minimum Gasteiger partial charge on any atom is -0.0646 e. The quantitative estimate of drug-likeness (QED) is 0.196. The Balaban J connectivity index is 2.61. The highest BCUT2D eigenvalue weighted by Crippen LogP contribution is 2.45. The Bertz CT molecular complexity index is 1020. The summed E-state index contributed by atoms with van der Waals surface area (Å²) >= 11 is 2.60. The predicted octanol–water partition coefficient (Wildman–Crippen LogP) is 9.53. The second-order valence-corrected chi connectivity index (χ2v) is 19.8. The van der Waals surface area contributed by atoms with E-state index in [-0.39, 0.29) is 15.9 Å². The first-order chi connectivity index (χ1) is 14.4. The molecule has 2 heteroatoms. The van der Waals surface area contributed by atoms with Gasteiger partial charge >= 0.3 is 0 Å². The topological polar surface area (TPSA) is 0 Å². The first kappa shape index (κ1) is 26.9. The molecule has 0 spiro atoms. The number of allylic oxidation sites excluding steroid dienone is 1. The third kappa shape index (κ3) is 6.38. The molecule has 0 atom stereocenters. The van der Waals surface area contributed by atoms with E-state index in [1.165, 1.54) is 25.5 Å². The molecular weight excluding hydrogens is 515 g/mol. The van der Waals surface area contributed by atoms with Crippen LogP contribution in [0.15, 0.2) is 51.7 Å². The highest BCUT2D eigenvalue weighted by atomic mass is 127. The van der Waals surface area contributed by atoms with Crippen LogP contribution in [0.1, 0.15) is 84.6 Å². The van der Waals surface area contributed by atoms with Crippen molar-refractivity contribution in [1.29, 1.82) is 0 Å². The summed E-state index contributed by atoms with van der Waals surface area (Å²) in [5.41, 5.74) is 6.49. The van der Waals surface area contributed by atoms with E-state index in [0.717, 1.165) is 5.56 Å². The van der Waals surface area contributed by atoms with Crippen LogP contribution < -0.4 is 0 Å². The van der Waals surface area contributed by atoms with Crippen LogP contribution in [0.4, 0.5) is 0 Å². The van der Waals surface area contributed by atoms with Gasteiger partial charge in [0.25, 0.3) is 0 Å². The van der Waals surface area contributed by atoms with Crippen LogP contribution in [0.2, 0.25) is 18.1 Å². The van der Waals surface area contributed by atoms with Crippen LogP contribution >= 0.6 is 22.6 Å². The lowest BCUT2D eigenvalue weighted by atomic mass is 9.86. The molecule has 172 valence electrons. The summed E-state index contributed by atoms with van der Waals surface area (Å²) < 4.78 is 1.45. The summed E-state index contributed by atoms with van der Waals surface area (Å²) in [6.45, 7) is 25.6. The molecule has 0 heterocycles. The number of hydrogen-bond acceptors (Lipinski definition) is 0. The molecule has 0 aromatic heterocycles. The third-order valence-corrected chi connectivity index (χ3v) is 16.4. The van der Waals surface area contributed by atoms with Gasteiger partial charge in [-0.1, -0.05) is 146 Å². The zero-order valence-corrected chi connectivity index (χ0v) is 25.2. The van der Waals surface area contributed by atoms with E-state index in [1.54, 1.807) is 0 Å². The van der Waals surface area contributed by atoms with Gasteiger partial charge in [0.05, 0.1) is 8.07 Å². The molecule has 0 aliphatic heterocycles. The van der Waals surface area contributed by atoms with Crippen LogP contribution in [0, 0.1) is 11.8 Å². The second kappa shape index (κ2) is 9.51. The summed E-state index contributed by atoms with van der Waals surface area (Å²) in [5.74, 6) is 7.08. The van der Waals surface area contributed by atoms with Crippen molar-refractivity contribution in [2.24, 2.45) is 0 Å². The number of halogens is 1. The second-order valence-electron chi connectivity index (χ2n) is 12.5. The molecule has 2 aromatic carbocycles. The van der Waals surface area contributed by atoms with Gasteiger partial charge in [0, 0.05) is 11.1 Å². The van der Waals surface area contributed by atoms with Crippen molar-refractivity contribution >= 4 is 36.2 Å². The van der Waals surface area contributed by atoms with Gasteiger partial charge < -0.3 is 0 Å². The molecule has 2 rings (SSSR count). The Morgan fingerprint density at radius 2 is 1.09 bits per heavy atom. The molecule has 0 saturated heterocycles. The van der Waals surface area contributed by atoms with Gasteiger partial charge in [0.1, 0.15) is 0 Å². The largest absolute Gasteiger partial charge is 0.0954 e. The molecular formula is C30H41ISi. The first-order valence-electron chi connectivity index (χ1n) is 11.6. The van der Waals surface area contributed by atoms with Gasteiger partial charge in [-0.2, -0.15) is 0 Å². The van der Waals surface area contributed by atoms with Gasteiger partial charge in [-0.3, -0.25) is 0 Å². The lowest BCUT2D eigenvalue weighted by Gasteiger charge is -2.37. The molecule has 0 unspecified atom stereocenters. The monoisotopic (exact) mass is 556 g/mol. The Morgan fingerprint density at radius 3 is 1.47 bits per heavy atom. The molecule has 0 saturated carbocycles. The smallest absolute Gasteiger partial charge is 0.0646 e. The van der Waals surface area contributed by atoms with Crippen molar-refractivity contribution < 1.29 is 0 Å². The highest BCUT2D eigenvalue weighted by Gasteiger charge is 2.39. The molecule has 2 aromatic rings. The van der Waals surface area contributed by atoms with E-state index in [9.17, 15) is 0 Å². The van der Waals surface area contributed by atoms with Gasteiger partial charge in [0.15, 0.2) is 0 Å².